The molecule has 9 aliphatic rings. The lowest BCUT2D eigenvalue weighted by Gasteiger charge is -2.64. The number of carbonyl (C=O) groups excluding carboxylic acids is 1. The first-order chi connectivity index (χ1) is 52.7. The van der Waals surface area contributed by atoms with E-state index in [2.05, 4.69) is 39.8 Å². The molecule has 588 valence electrons. The first-order valence-corrected chi connectivity index (χ1v) is 39.0. The molecule has 22 heteroatoms. The number of ether oxygens (including phenoxy) is 21. The molecule has 6 aromatic carbocycles. The van der Waals surface area contributed by atoms with Gasteiger partial charge in [0.15, 0.2) is 42.7 Å². The van der Waals surface area contributed by atoms with Gasteiger partial charge < -0.3 is 99.5 Å². The van der Waals surface area contributed by atoms with Gasteiger partial charge in [-0.1, -0.05) is 210 Å². The number of hydrogen-bond acceptors (Lipinski definition) is 22. The number of rotatable bonds is 28. The average Bonchev–Trinajstić information content (AvgIpc) is 1.55. The minimum absolute atomic E-state index is 0.0119. The number of fused-ring (bicyclic) bond motifs is 3. The largest absolute Gasteiger partial charge is 0.457 e. The van der Waals surface area contributed by atoms with E-state index in [-0.39, 0.29) is 76.9 Å². The Labute approximate surface area is 640 Å². The maximum atomic E-state index is 13.1. The highest BCUT2D eigenvalue weighted by atomic mass is 16.9. The van der Waals surface area contributed by atoms with E-state index in [4.69, 9.17) is 99.5 Å². The second-order valence-electron chi connectivity index (χ2n) is 31.8. The van der Waals surface area contributed by atoms with Crippen molar-refractivity contribution in [2.75, 3.05) is 33.0 Å². The summed E-state index contributed by atoms with van der Waals surface area (Å²) >= 11 is 0. The van der Waals surface area contributed by atoms with Crippen LogP contribution in [0.2, 0.25) is 0 Å². The third-order valence-electron chi connectivity index (χ3n) is 23.3. The van der Waals surface area contributed by atoms with Crippen LogP contribution >= 0.6 is 0 Å². The Bertz CT molecular complexity index is 3850. The number of carbonyl (C=O) groups is 1. The molecule has 0 bridgehead atoms. The van der Waals surface area contributed by atoms with E-state index in [1.807, 2.05) is 211 Å². The molecule has 0 aromatic heterocycles. The Balaban J connectivity index is 0.781. The fourth-order valence-electron chi connectivity index (χ4n) is 17.4. The summed E-state index contributed by atoms with van der Waals surface area (Å²) in [4.78, 5) is 13.1. The second-order valence-corrected chi connectivity index (χ2v) is 31.8. The number of hydrogen-bond donors (Lipinski definition) is 0. The fourth-order valence-corrected chi connectivity index (χ4v) is 17.4. The normalized spacial score (nSPS) is 39.5. The highest BCUT2D eigenvalue weighted by molar-refractivity contribution is 5.66. The predicted molar refractivity (Wildman–Crippen MR) is 395 cm³/mol. The average molecular weight is 1510 g/mol. The van der Waals surface area contributed by atoms with Crippen LogP contribution in [0.4, 0.5) is 0 Å². The summed E-state index contributed by atoms with van der Waals surface area (Å²) in [5.74, 6) is -4.32. The van der Waals surface area contributed by atoms with Crippen LogP contribution in [-0.4, -0.2) is 184 Å². The molecule has 9 saturated heterocycles. The molecule has 0 radical (unpaired) electrons. The minimum Gasteiger partial charge on any atom is -0.457 e. The van der Waals surface area contributed by atoms with E-state index >= 15 is 0 Å². The molecule has 0 aliphatic carbocycles. The summed E-state index contributed by atoms with van der Waals surface area (Å²) in [6.07, 6.45) is -16.0. The van der Waals surface area contributed by atoms with Gasteiger partial charge in [-0.25, -0.2) is 0 Å². The molecule has 15 rings (SSSR count). The van der Waals surface area contributed by atoms with Gasteiger partial charge in [0.25, 0.3) is 0 Å². The van der Waals surface area contributed by atoms with E-state index in [9.17, 15) is 4.79 Å². The quantitative estimate of drug-likeness (QED) is 0.0418. The smallest absolute Gasteiger partial charge is 0.303 e. The first kappa shape index (κ1) is 78.3. The van der Waals surface area contributed by atoms with Gasteiger partial charge in [0.1, 0.15) is 61.0 Å². The van der Waals surface area contributed by atoms with Crippen molar-refractivity contribution in [1.29, 1.82) is 0 Å². The van der Waals surface area contributed by atoms with Crippen molar-refractivity contribution >= 4 is 5.97 Å². The van der Waals surface area contributed by atoms with Gasteiger partial charge >= 0.3 is 5.97 Å². The molecule has 109 heavy (non-hydrogen) atoms. The van der Waals surface area contributed by atoms with Crippen molar-refractivity contribution in [3.63, 3.8) is 0 Å². The number of esters is 1. The summed E-state index contributed by atoms with van der Waals surface area (Å²) in [7, 11) is 0. The van der Waals surface area contributed by atoms with Crippen molar-refractivity contribution in [1.82, 2.24) is 0 Å². The van der Waals surface area contributed by atoms with E-state index in [1.54, 1.807) is 0 Å². The highest BCUT2D eigenvalue weighted by Crippen LogP contribution is 2.55. The van der Waals surface area contributed by atoms with E-state index < -0.39 is 157 Å². The molecule has 0 N–H and O–H groups in total. The molecule has 9 fully saturated rings. The van der Waals surface area contributed by atoms with E-state index in [1.165, 1.54) is 6.92 Å². The van der Waals surface area contributed by atoms with Crippen molar-refractivity contribution in [3.05, 3.63) is 215 Å². The summed E-state index contributed by atoms with van der Waals surface area (Å²) in [6, 6.07) is 60.1. The van der Waals surface area contributed by atoms with Crippen LogP contribution in [0.15, 0.2) is 182 Å². The third kappa shape index (κ3) is 16.9. The SMILES string of the molecule is CC(=O)O[C@@H]1C(C)O[C@H]2[C@H](OC2(C)[C@H]2OC(C)[C@@H](O[C@H]3OC[C@@H](C)C(O[C@@]45COCC4(COCc4ccccc4)O[C@@H](c4ccccc4)O5)[C@H]3OCc3ccccc3)C(O[C@H]3OC(COCc4ccccc4)[C@@H](OCc4ccccc4)C(OCc4ccccc4)[C@H]3C)[C@@H]2C)C1O[C@@H]1OC(C)[C@H](C)[C@H]2OC(C)(C)OC12. The lowest BCUT2D eigenvalue weighted by atomic mass is 9.70. The molecule has 6 aromatic rings. The Kier molecular flexibility index (Phi) is 24.4. The molecule has 22 nitrogen and oxygen atoms in total. The van der Waals surface area contributed by atoms with Crippen LogP contribution in [-0.2, 0) is 137 Å². The summed E-state index contributed by atoms with van der Waals surface area (Å²) in [5.41, 5.74) is 3.28. The minimum atomic E-state index is -1.51. The standard InChI is InChI=1S/C87H108O22/c1-52-42-95-82(76(94-47-64-38-26-16-27-39-64)67(52)107-87-51-91-50-86(87,49-90-44-61-32-20-13-21-33-61)108-81(109-87)65-40-28-17-29-41-65)102-71-57(6)96-78(85(11)79-75(106-85)74(72(58(7)97-79)99-59(8)88)103-83-77-70(53(2)56(5)98-83)104-84(9,10)105-77)54(3)69(71)101-80-55(4)68(92-45-62-34-22-14-23-35-62)73(93-46-63-36-24-15-25-37-63)66(100-80)48-89-43-60-30-18-12-19-31-60/h12-41,52-58,66-83H,42-51H2,1-11H3/t52-,53+,54+,55-,56?,57?,58?,66?,67?,68?,69?,70-,71-,72-,73-,74?,75-,76-,77?,78+,79+,80-,81-,82-,83+,85?,86?,87-/m1/s1. The summed E-state index contributed by atoms with van der Waals surface area (Å²) in [6.45, 7) is 23.3. The van der Waals surface area contributed by atoms with Gasteiger partial charge in [0, 0.05) is 36.2 Å². The molecule has 28 atom stereocenters. The zero-order chi connectivity index (χ0) is 75.6. The molecule has 9 aliphatic heterocycles. The van der Waals surface area contributed by atoms with Crippen LogP contribution in [0.25, 0.3) is 0 Å². The van der Waals surface area contributed by atoms with Gasteiger partial charge in [-0.05, 0) is 69.4 Å². The predicted octanol–water partition coefficient (Wildman–Crippen LogP) is 12.5. The Morgan fingerprint density at radius 1 is 0.431 bits per heavy atom. The zero-order valence-corrected chi connectivity index (χ0v) is 64.3. The van der Waals surface area contributed by atoms with Crippen LogP contribution in [0.5, 0.6) is 0 Å². The van der Waals surface area contributed by atoms with E-state index in [0.29, 0.717) is 13.2 Å². The van der Waals surface area contributed by atoms with Crippen LogP contribution in [0, 0.1) is 23.7 Å². The van der Waals surface area contributed by atoms with Crippen molar-refractivity contribution < 1.29 is 104 Å². The number of benzene rings is 6. The van der Waals surface area contributed by atoms with Gasteiger partial charge in [-0.2, -0.15) is 0 Å². The Morgan fingerprint density at radius 2 is 0.954 bits per heavy atom. The maximum Gasteiger partial charge on any atom is 0.303 e. The topological polar surface area (TPSA) is 211 Å². The summed E-state index contributed by atoms with van der Waals surface area (Å²) in [5, 5.41) is 0. The Hall–Kier alpha value is -6.01. The third-order valence-corrected chi connectivity index (χ3v) is 23.3. The van der Waals surface area contributed by atoms with Crippen molar-refractivity contribution in [3.8, 4) is 0 Å². The maximum absolute atomic E-state index is 13.1. The lowest BCUT2D eigenvalue weighted by molar-refractivity contribution is -0.427. The highest BCUT2D eigenvalue weighted by Gasteiger charge is 2.72. The van der Waals surface area contributed by atoms with E-state index in [0.717, 1.165) is 33.4 Å². The second kappa shape index (κ2) is 34.0. The Morgan fingerprint density at radius 3 is 1.56 bits per heavy atom. The zero-order valence-electron chi connectivity index (χ0n) is 64.3. The van der Waals surface area contributed by atoms with Crippen LogP contribution in [0.1, 0.15) is 116 Å². The monoisotopic (exact) mass is 1500 g/mol. The van der Waals surface area contributed by atoms with Crippen LogP contribution in [0.3, 0.4) is 0 Å². The molecular formula is C87H108O22. The van der Waals surface area contributed by atoms with Gasteiger partial charge in [0.2, 0.25) is 5.79 Å². The molecule has 9 heterocycles. The summed E-state index contributed by atoms with van der Waals surface area (Å²) < 4.78 is 148. The fraction of sp³-hybridized carbons (Fsp3) is 0.575. The van der Waals surface area contributed by atoms with Crippen LogP contribution < -0.4 is 0 Å². The lowest BCUT2D eigenvalue weighted by Crippen LogP contribution is -2.80. The van der Waals surface area contributed by atoms with Gasteiger partial charge in [-0.15, -0.1) is 0 Å². The molecule has 11 unspecified atom stereocenters. The molecule has 0 saturated carbocycles. The van der Waals surface area contributed by atoms with Gasteiger partial charge in [-0.3, -0.25) is 4.79 Å². The molecule has 0 amide bonds. The van der Waals surface area contributed by atoms with Crippen molar-refractivity contribution in [2.45, 2.75) is 261 Å². The van der Waals surface area contributed by atoms with Crippen molar-refractivity contribution in [2.24, 2.45) is 23.7 Å². The first-order valence-electron chi connectivity index (χ1n) is 39.0. The molecular weight excluding hydrogens is 1400 g/mol. The van der Waals surface area contributed by atoms with Gasteiger partial charge in [0.05, 0.1) is 108 Å². The molecule has 0 spiro atoms.